The summed E-state index contributed by atoms with van der Waals surface area (Å²) in [5.74, 6) is 1.91. The maximum atomic E-state index is 14.6. The number of rotatable bonds is 10. The molecule has 1 saturated heterocycles. The minimum absolute atomic E-state index is 0.0454. The van der Waals surface area contributed by atoms with Gasteiger partial charge in [-0.2, -0.15) is 0 Å². The number of fused-ring (bicyclic) bond motifs is 5. The summed E-state index contributed by atoms with van der Waals surface area (Å²) in [7, 11) is 0. The first-order chi connectivity index (χ1) is 22.9. The highest BCUT2D eigenvalue weighted by molar-refractivity contribution is 5.84. The molecule has 1 aromatic carbocycles. The van der Waals surface area contributed by atoms with Gasteiger partial charge in [-0.25, -0.2) is 8.78 Å². The van der Waals surface area contributed by atoms with E-state index in [-0.39, 0.29) is 30.1 Å². The van der Waals surface area contributed by atoms with Crippen molar-refractivity contribution < 1.29 is 38.4 Å². The summed E-state index contributed by atoms with van der Waals surface area (Å²) < 4.78 is 34.5. The molecular formula is C38H56F2N2O6. The van der Waals surface area contributed by atoms with Crippen molar-refractivity contribution in [1.29, 1.82) is 0 Å². The van der Waals surface area contributed by atoms with Crippen LogP contribution in [0, 0.1) is 58.0 Å². The van der Waals surface area contributed by atoms with Crippen LogP contribution in [-0.4, -0.2) is 58.6 Å². The molecule has 1 heterocycles. The molecule has 4 aliphatic carbocycles. The maximum Gasteiger partial charge on any atom is 0.239 e. The number of benzene rings is 1. The summed E-state index contributed by atoms with van der Waals surface area (Å²) in [6.07, 6.45) is 9.46. The molecule has 1 aromatic rings. The molecule has 10 heteroatoms. The van der Waals surface area contributed by atoms with E-state index >= 15 is 0 Å². The molecule has 48 heavy (non-hydrogen) atoms. The summed E-state index contributed by atoms with van der Waals surface area (Å²) in [4.78, 5) is 25.3. The van der Waals surface area contributed by atoms with Crippen LogP contribution in [0.1, 0.15) is 115 Å². The van der Waals surface area contributed by atoms with Crippen LogP contribution in [0.2, 0.25) is 0 Å². The third kappa shape index (κ3) is 6.56. The van der Waals surface area contributed by atoms with Gasteiger partial charge < -0.3 is 30.7 Å². The fraction of sp³-hybridized carbons (Fsp3) is 0.789. The Labute approximate surface area is 283 Å². The monoisotopic (exact) mass is 674 g/mol. The molecule has 4 saturated carbocycles. The lowest BCUT2D eigenvalue weighted by atomic mass is 9.44. The Kier molecular flexibility index (Phi) is 10.6. The van der Waals surface area contributed by atoms with Crippen molar-refractivity contribution in [3.8, 4) is 0 Å². The van der Waals surface area contributed by atoms with Crippen molar-refractivity contribution in [2.75, 3.05) is 13.2 Å². The van der Waals surface area contributed by atoms with Crippen molar-refractivity contribution >= 4 is 11.8 Å². The molecule has 5 N–H and O–H groups in total. The lowest BCUT2D eigenvalue weighted by Gasteiger charge is -2.61. The van der Waals surface area contributed by atoms with Gasteiger partial charge in [0.15, 0.2) is 0 Å². The van der Waals surface area contributed by atoms with Crippen molar-refractivity contribution in [1.82, 2.24) is 10.6 Å². The highest BCUT2D eigenvalue weighted by Gasteiger charge is 2.60. The van der Waals surface area contributed by atoms with Crippen molar-refractivity contribution in [2.24, 2.45) is 46.3 Å². The van der Waals surface area contributed by atoms with Gasteiger partial charge in [0.1, 0.15) is 36.1 Å². The number of nitrogens with one attached hydrogen (secondary N) is 2. The number of carbonyl (C=O) groups excluding carboxylic acids is 2. The first-order valence-electron chi connectivity index (χ1n) is 18.5. The Hall–Kier alpha value is -2.14. The van der Waals surface area contributed by atoms with Crippen LogP contribution < -0.4 is 10.6 Å². The van der Waals surface area contributed by atoms with Gasteiger partial charge in [-0.05, 0) is 110 Å². The highest BCUT2D eigenvalue weighted by Crippen LogP contribution is 2.68. The summed E-state index contributed by atoms with van der Waals surface area (Å²) in [6.45, 7) is 6.36. The zero-order valence-corrected chi connectivity index (χ0v) is 28.9. The Morgan fingerprint density at radius 2 is 1.69 bits per heavy atom. The number of halogens is 2. The average molecular weight is 675 g/mol. The number of hydrogen-bond donors (Lipinski definition) is 5. The standard InChI is InChI=1S/C38H56F2N2O6/c1-21(26-10-11-27-24-9-8-23-6-4-5-14-37(23,2)28(24)13-15-38(26,27)3)7-12-32(44)42-19-33(45)41-18-22-16-25(30(40)17-29(22)39)36-35(47)34(46)31(20-43)48-36/h16-17,21,23-24,26-28,31,34-36,43,46-47H,4-15,18-20H2,1-3H3,(H,41,45)(H,42,44)/t21-,23-,24?,26?,27-,28-,31-,34?,35+,36+,37-,38+/m1/s1. The van der Waals surface area contributed by atoms with Gasteiger partial charge in [0, 0.05) is 30.2 Å². The Bertz CT molecular complexity index is 1350. The van der Waals surface area contributed by atoms with Crippen LogP contribution >= 0.6 is 0 Å². The summed E-state index contributed by atoms with van der Waals surface area (Å²) in [5, 5.41) is 34.9. The van der Waals surface area contributed by atoms with Crippen LogP contribution in [-0.2, 0) is 20.9 Å². The second kappa shape index (κ2) is 14.2. The second-order valence-corrected chi connectivity index (χ2v) is 16.4. The molecule has 6 rings (SSSR count). The molecule has 2 amide bonds. The summed E-state index contributed by atoms with van der Waals surface area (Å²) in [5.41, 5.74) is 0.644. The fourth-order valence-electron chi connectivity index (χ4n) is 11.5. The quantitative estimate of drug-likeness (QED) is 0.229. The predicted molar refractivity (Wildman–Crippen MR) is 176 cm³/mol. The van der Waals surface area contributed by atoms with Gasteiger partial charge in [-0.15, -0.1) is 0 Å². The third-order valence-electron chi connectivity index (χ3n) is 14.1. The van der Waals surface area contributed by atoms with E-state index in [1.807, 2.05) is 0 Å². The number of aliphatic hydroxyl groups excluding tert-OH is 3. The Morgan fingerprint density at radius 3 is 2.44 bits per heavy atom. The second-order valence-electron chi connectivity index (χ2n) is 16.4. The topological polar surface area (TPSA) is 128 Å². The van der Waals surface area contributed by atoms with Gasteiger partial charge in [0.05, 0.1) is 13.2 Å². The molecule has 0 spiro atoms. The van der Waals surface area contributed by atoms with E-state index in [0.717, 1.165) is 36.2 Å². The minimum Gasteiger partial charge on any atom is -0.394 e. The van der Waals surface area contributed by atoms with Gasteiger partial charge in [0.2, 0.25) is 11.8 Å². The molecule has 1 aliphatic heterocycles. The number of hydrogen-bond acceptors (Lipinski definition) is 6. The zero-order chi connectivity index (χ0) is 34.4. The Morgan fingerprint density at radius 1 is 0.917 bits per heavy atom. The number of carbonyl (C=O) groups is 2. The van der Waals surface area contributed by atoms with E-state index < -0.39 is 48.6 Å². The average Bonchev–Trinajstić information content (AvgIpc) is 3.57. The smallest absolute Gasteiger partial charge is 0.239 e. The van der Waals surface area contributed by atoms with E-state index in [1.54, 1.807) is 0 Å². The van der Waals surface area contributed by atoms with E-state index in [2.05, 4.69) is 31.4 Å². The first-order valence-corrected chi connectivity index (χ1v) is 18.5. The van der Waals surface area contributed by atoms with E-state index in [9.17, 15) is 33.7 Å². The molecule has 5 fully saturated rings. The highest BCUT2D eigenvalue weighted by atomic mass is 19.1. The van der Waals surface area contributed by atoms with Gasteiger partial charge in [0.25, 0.3) is 0 Å². The maximum absolute atomic E-state index is 14.6. The van der Waals surface area contributed by atoms with Crippen LogP contribution in [0.5, 0.6) is 0 Å². The fourth-order valence-corrected chi connectivity index (χ4v) is 11.5. The summed E-state index contributed by atoms with van der Waals surface area (Å²) in [6, 6.07) is 1.77. The molecule has 0 radical (unpaired) electrons. The molecular weight excluding hydrogens is 618 g/mol. The number of aliphatic hydroxyl groups is 3. The number of ether oxygens (including phenoxy) is 1. The number of amides is 2. The largest absolute Gasteiger partial charge is 0.394 e. The van der Waals surface area contributed by atoms with Crippen LogP contribution in [0.4, 0.5) is 8.78 Å². The van der Waals surface area contributed by atoms with E-state index in [1.165, 1.54) is 64.2 Å². The van der Waals surface area contributed by atoms with Crippen LogP contribution in [0.25, 0.3) is 0 Å². The molecule has 0 bridgehead atoms. The van der Waals surface area contributed by atoms with Gasteiger partial charge >= 0.3 is 0 Å². The molecule has 0 aromatic heterocycles. The SMILES string of the molecule is C[C@H](CCC(=O)NCC(=O)NCc1cc([C@@H]2O[C@H](CO)C(O)[C@@H]2O)c(F)cc1F)C1CC[C@@H]2C3CC[C@H]4CCCC[C@@]4(C)[C@@H]3CC[C@@]12C. The molecule has 268 valence electrons. The van der Waals surface area contributed by atoms with Crippen molar-refractivity contribution in [3.63, 3.8) is 0 Å². The summed E-state index contributed by atoms with van der Waals surface area (Å²) >= 11 is 0. The molecule has 8 nitrogen and oxygen atoms in total. The molecule has 5 aliphatic rings. The lowest BCUT2D eigenvalue weighted by Crippen LogP contribution is -2.53. The van der Waals surface area contributed by atoms with E-state index in [0.29, 0.717) is 35.2 Å². The first kappa shape index (κ1) is 35.7. The van der Waals surface area contributed by atoms with Crippen molar-refractivity contribution in [3.05, 3.63) is 34.9 Å². The van der Waals surface area contributed by atoms with Crippen molar-refractivity contribution in [2.45, 2.75) is 129 Å². The van der Waals surface area contributed by atoms with E-state index in [4.69, 9.17) is 4.74 Å². The molecule has 12 atom stereocenters. The zero-order valence-electron chi connectivity index (χ0n) is 28.9. The Balaban J connectivity index is 0.963. The molecule has 3 unspecified atom stereocenters. The van der Waals surface area contributed by atoms with Crippen LogP contribution in [0.3, 0.4) is 0 Å². The van der Waals surface area contributed by atoms with Crippen LogP contribution in [0.15, 0.2) is 12.1 Å². The third-order valence-corrected chi connectivity index (χ3v) is 14.1. The predicted octanol–water partition coefficient (Wildman–Crippen LogP) is 5.32. The lowest BCUT2D eigenvalue weighted by molar-refractivity contribution is -0.126. The van der Waals surface area contributed by atoms with Gasteiger partial charge in [-0.3, -0.25) is 9.59 Å². The minimum atomic E-state index is -1.51. The van der Waals surface area contributed by atoms with Gasteiger partial charge in [-0.1, -0.05) is 33.6 Å². The normalized spacial score (nSPS) is 39.6.